The number of nitrogens with zero attached hydrogens (tertiary/aromatic N) is 1. The molecule has 0 radical (unpaired) electrons. The molecule has 0 bridgehead atoms. The average molecular weight is 388 g/mol. The van der Waals surface area contributed by atoms with E-state index in [2.05, 4.69) is 5.32 Å². The maximum atomic E-state index is 12.5. The fourth-order valence-corrected chi connectivity index (χ4v) is 4.51. The standard InChI is InChI=1S/C19H20N2O5S/c1-13(14-7-9-15(26-2)10-8-14)20-18(22)11-12-21-19(23)16-5-3-4-6-17(16)27(21,24)25/h3-10,13H,11-12H2,1-2H3,(H,20,22)/t13-/m1/s1. The fourth-order valence-electron chi connectivity index (χ4n) is 2.94. The van der Waals surface area contributed by atoms with Crippen LogP contribution in [0.15, 0.2) is 53.4 Å². The van der Waals surface area contributed by atoms with Crippen LogP contribution in [-0.4, -0.2) is 38.2 Å². The number of benzene rings is 2. The Balaban J connectivity index is 1.62. The molecule has 0 saturated heterocycles. The number of amides is 2. The SMILES string of the molecule is COc1ccc([C@@H](C)NC(=O)CCN2C(=O)c3ccccc3S2(=O)=O)cc1. The van der Waals surface area contributed by atoms with Gasteiger partial charge in [0.15, 0.2) is 0 Å². The number of fused-ring (bicyclic) bond motifs is 1. The largest absolute Gasteiger partial charge is 0.497 e. The molecule has 1 atom stereocenters. The van der Waals surface area contributed by atoms with Gasteiger partial charge in [0.2, 0.25) is 5.91 Å². The molecular weight excluding hydrogens is 368 g/mol. The van der Waals surface area contributed by atoms with E-state index in [9.17, 15) is 18.0 Å². The van der Waals surface area contributed by atoms with Crippen LogP contribution in [-0.2, 0) is 14.8 Å². The van der Waals surface area contributed by atoms with Crippen LogP contribution < -0.4 is 10.1 Å². The number of sulfonamides is 1. The molecule has 0 aromatic heterocycles. The first-order valence-electron chi connectivity index (χ1n) is 8.44. The van der Waals surface area contributed by atoms with Crippen LogP contribution in [0.2, 0.25) is 0 Å². The van der Waals surface area contributed by atoms with Crippen molar-refractivity contribution in [2.45, 2.75) is 24.3 Å². The summed E-state index contributed by atoms with van der Waals surface area (Å²) in [6, 6.07) is 13.1. The third-order valence-corrected chi connectivity index (χ3v) is 6.29. The molecular formula is C19H20N2O5S. The number of hydrogen-bond acceptors (Lipinski definition) is 5. The number of rotatable bonds is 6. The van der Waals surface area contributed by atoms with Crippen molar-refractivity contribution < 1.29 is 22.7 Å². The minimum Gasteiger partial charge on any atom is -0.497 e. The first kappa shape index (κ1) is 18.9. The Morgan fingerprint density at radius 1 is 1.15 bits per heavy atom. The Morgan fingerprint density at radius 3 is 2.44 bits per heavy atom. The smallest absolute Gasteiger partial charge is 0.269 e. The van der Waals surface area contributed by atoms with E-state index in [0.29, 0.717) is 0 Å². The van der Waals surface area contributed by atoms with Crippen LogP contribution in [0.25, 0.3) is 0 Å². The Bertz CT molecular complexity index is 970. The maximum absolute atomic E-state index is 12.5. The maximum Gasteiger partial charge on any atom is 0.269 e. The van der Waals surface area contributed by atoms with Crippen molar-refractivity contribution in [3.63, 3.8) is 0 Å². The Labute approximate surface area is 158 Å². The molecule has 27 heavy (non-hydrogen) atoms. The van der Waals surface area contributed by atoms with Gasteiger partial charge in [0, 0.05) is 13.0 Å². The molecule has 2 aromatic carbocycles. The van der Waals surface area contributed by atoms with Crippen LogP contribution in [0.5, 0.6) is 5.75 Å². The lowest BCUT2D eigenvalue weighted by molar-refractivity contribution is -0.121. The van der Waals surface area contributed by atoms with Gasteiger partial charge in [0.25, 0.3) is 15.9 Å². The van der Waals surface area contributed by atoms with Crippen molar-refractivity contribution >= 4 is 21.8 Å². The van der Waals surface area contributed by atoms with Crippen molar-refractivity contribution in [2.75, 3.05) is 13.7 Å². The van der Waals surface area contributed by atoms with Crippen LogP contribution >= 0.6 is 0 Å². The summed E-state index contributed by atoms with van der Waals surface area (Å²) in [4.78, 5) is 24.5. The molecule has 1 heterocycles. The highest BCUT2D eigenvalue weighted by Crippen LogP contribution is 2.29. The highest BCUT2D eigenvalue weighted by Gasteiger charge is 2.40. The van der Waals surface area contributed by atoms with Crippen molar-refractivity contribution in [1.82, 2.24) is 9.62 Å². The molecule has 8 heteroatoms. The topological polar surface area (TPSA) is 92.8 Å². The molecule has 2 aromatic rings. The second-order valence-electron chi connectivity index (χ2n) is 6.19. The van der Waals surface area contributed by atoms with E-state index in [1.807, 2.05) is 19.1 Å². The monoisotopic (exact) mass is 388 g/mol. The molecule has 3 rings (SSSR count). The summed E-state index contributed by atoms with van der Waals surface area (Å²) in [5, 5.41) is 2.81. The normalized spacial score (nSPS) is 15.9. The van der Waals surface area contributed by atoms with Gasteiger partial charge < -0.3 is 10.1 Å². The van der Waals surface area contributed by atoms with Gasteiger partial charge in [-0.3, -0.25) is 9.59 Å². The summed E-state index contributed by atoms with van der Waals surface area (Å²) >= 11 is 0. The summed E-state index contributed by atoms with van der Waals surface area (Å²) in [6.07, 6.45) is -0.112. The second-order valence-corrected chi connectivity index (χ2v) is 8.02. The first-order valence-corrected chi connectivity index (χ1v) is 9.88. The Hall–Kier alpha value is -2.87. The number of carbonyl (C=O) groups excluding carboxylic acids is 2. The molecule has 0 unspecified atom stereocenters. The summed E-state index contributed by atoms with van der Waals surface area (Å²) in [5.41, 5.74) is 1.03. The number of nitrogens with one attached hydrogen (secondary N) is 1. The van der Waals surface area contributed by atoms with Crippen LogP contribution in [0.4, 0.5) is 0 Å². The molecule has 2 amide bonds. The van der Waals surface area contributed by atoms with Gasteiger partial charge in [-0.15, -0.1) is 0 Å². The predicted octanol–water partition coefficient (Wildman–Crippen LogP) is 2.11. The third-order valence-electron chi connectivity index (χ3n) is 4.45. The molecule has 1 aliphatic rings. The van der Waals surface area contributed by atoms with Crippen LogP contribution in [0.3, 0.4) is 0 Å². The van der Waals surface area contributed by atoms with Crippen LogP contribution in [0.1, 0.15) is 35.3 Å². The predicted molar refractivity (Wildman–Crippen MR) is 98.8 cm³/mol. The summed E-state index contributed by atoms with van der Waals surface area (Å²) in [5.74, 6) is -0.214. The van der Waals surface area contributed by atoms with E-state index in [0.717, 1.165) is 15.6 Å². The Morgan fingerprint density at radius 2 is 1.81 bits per heavy atom. The molecule has 0 saturated carbocycles. The minimum atomic E-state index is -3.89. The highest BCUT2D eigenvalue weighted by atomic mass is 32.2. The molecule has 7 nitrogen and oxygen atoms in total. The number of carbonyl (C=O) groups is 2. The van der Waals surface area contributed by atoms with Crippen LogP contribution in [0, 0.1) is 0 Å². The second kappa shape index (κ2) is 7.40. The number of hydrogen-bond donors (Lipinski definition) is 1. The summed E-state index contributed by atoms with van der Waals surface area (Å²) < 4.78 is 30.8. The fraction of sp³-hybridized carbons (Fsp3) is 0.263. The minimum absolute atomic E-state index is 0.0120. The van der Waals surface area contributed by atoms with E-state index >= 15 is 0 Å². The molecule has 0 aliphatic carbocycles. The van der Waals surface area contributed by atoms with Crippen molar-refractivity contribution in [3.05, 3.63) is 59.7 Å². The van der Waals surface area contributed by atoms with Crippen molar-refractivity contribution in [3.8, 4) is 5.75 Å². The van der Waals surface area contributed by atoms with Gasteiger partial charge in [-0.25, -0.2) is 12.7 Å². The number of ether oxygens (including phenoxy) is 1. The molecule has 0 fully saturated rings. The van der Waals surface area contributed by atoms with Gasteiger partial charge in [-0.1, -0.05) is 24.3 Å². The summed E-state index contributed by atoms with van der Waals surface area (Å²) in [6.45, 7) is 1.63. The van der Waals surface area contributed by atoms with Gasteiger partial charge in [-0.05, 0) is 36.8 Å². The van der Waals surface area contributed by atoms with E-state index in [1.165, 1.54) is 12.1 Å². The van der Waals surface area contributed by atoms with E-state index < -0.39 is 15.9 Å². The average Bonchev–Trinajstić information content (AvgIpc) is 2.86. The number of methoxy groups -OCH3 is 1. The third kappa shape index (κ3) is 3.66. The lowest BCUT2D eigenvalue weighted by Gasteiger charge is -2.17. The van der Waals surface area contributed by atoms with E-state index in [4.69, 9.17) is 4.74 Å². The van der Waals surface area contributed by atoms with Gasteiger partial charge in [-0.2, -0.15) is 0 Å². The first-order chi connectivity index (χ1) is 12.8. The van der Waals surface area contributed by atoms with Gasteiger partial charge >= 0.3 is 0 Å². The summed E-state index contributed by atoms with van der Waals surface area (Å²) in [7, 11) is -2.31. The quantitative estimate of drug-likeness (QED) is 0.818. The zero-order chi connectivity index (χ0) is 19.6. The lowest BCUT2D eigenvalue weighted by atomic mass is 10.1. The van der Waals surface area contributed by atoms with Gasteiger partial charge in [0.1, 0.15) is 10.6 Å². The Kier molecular flexibility index (Phi) is 5.18. The van der Waals surface area contributed by atoms with E-state index in [1.54, 1.807) is 31.4 Å². The zero-order valence-electron chi connectivity index (χ0n) is 15.0. The highest BCUT2D eigenvalue weighted by molar-refractivity contribution is 7.90. The van der Waals surface area contributed by atoms with Crippen molar-refractivity contribution in [2.24, 2.45) is 0 Å². The molecule has 0 spiro atoms. The zero-order valence-corrected chi connectivity index (χ0v) is 15.8. The molecule has 142 valence electrons. The molecule has 1 N–H and O–H groups in total. The van der Waals surface area contributed by atoms with Crippen molar-refractivity contribution in [1.29, 1.82) is 0 Å². The van der Waals surface area contributed by atoms with Gasteiger partial charge in [0.05, 0.1) is 18.7 Å². The molecule has 1 aliphatic heterocycles. The van der Waals surface area contributed by atoms with E-state index in [-0.39, 0.29) is 35.4 Å². The lowest BCUT2D eigenvalue weighted by Crippen LogP contribution is -2.35.